The average Bonchev–Trinajstić information content (AvgIpc) is 2.28. The van der Waals surface area contributed by atoms with Crippen LogP contribution in [0.3, 0.4) is 0 Å². The van der Waals surface area contributed by atoms with Crippen LogP contribution < -0.4 is 5.32 Å². The molecule has 0 aliphatic carbocycles. The highest BCUT2D eigenvalue weighted by molar-refractivity contribution is 6.31. The minimum Gasteiger partial charge on any atom is -0.480 e. The Bertz CT molecular complexity index is 476. The summed E-state index contributed by atoms with van der Waals surface area (Å²) in [6, 6.07) is 2.46. The van der Waals surface area contributed by atoms with Crippen molar-refractivity contribution in [2.75, 3.05) is 0 Å². The van der Waals surface area contributed by atoms with E-state index in [0.717, 1.165) is 12.1 Å². The Labute approximate surface area is 109 Å². The molecule has 1 aromatic carbocycles. The zero-order chi connectivity index (χ0) is 13.9. The highest BCUT2D eigenvalue weighted by atomic mass is 35.5. The van der Waals surface area contributed by atoms with Crippen LogP contribution in [0.4, 0.5) is 4.39 Å². The van der Waals surface area contributed by atoms with Gasteiger partial charge >= 0.3 is 5.97 Å². The zero-order valence-electron chi connectivity index (χ0n) is 9.91. The number of benzene rings is 1. The molecule has 0 heterocycles. The Kier molecular flexibility index (Phi) is 4.67. The molecule has 0 aliphatic rings. The fourth-order valence-corrected chi connectivity index (χ4v) is 1.56. The lowest BCUT2D eigenvalue weighted by Gasteiger charge is -2.17. The maximum absolute atomic E-state index is 12.9. The van der Waals surface area contributed by atoms with Gasteiger partial charge in [0, 0.05) is 5.56 Å². The molecule has 1 atom stereocenters. The van der Waals surface area contributed by atoms with Crippen LogP contribution in [0, 0.1) is 11.7 Å². The molecule has 1 amide bonds. The summed E-state index contributed by atoms with van der Waals surface area (Å²) in [5.41, 5.74) is 0.119. The molecular weight excluding hydrogens is 261 g/mol. The lowest BCUT2D eigenvalue weighted by atomic mass is 10.0. The molecular formula is C12H13ClFNO3. The first-order valence-electron chi connectivity index (χ1n) is 5.31. The SMILES string of the molecule is CC(C)[C@H](NC(=O)c1ccc(F)c(Cl)c1)C(=O)O. The van der Waals surface area contributed by atoms with Gasteiger partial charge in [0.1, 0.15) is 11.9 Å². The summed E-state index contributed by atoms with van der Waals surface area (Å²) >= 11 is 5.55. The summed E-state index contributed by atoms with van der Waals surface area (Å²) in [5, 5.41) is 11.1. The van der Waals surface area contributed by atoms with Gasteiger partial charge in [-0.05, 0) is 24.1 Å². The van der Waals surface area contributed by atoms with Crippen molar-refractivity contribution in [2.45, 2.75) is 19.9 Å². The zero-order valence-corrected chi connectivity index (χ0v) is 10.7. The maximum atomic E-state index is 12.9. The Morgan fingerprint density at radius 2 is 2.00 bits per heavy atom. The summed E-state index contributed by atoms with van der Waals surface area (Å²) in [5.74, 6) is -2.61. The van der Waals surface area contributed by atoms with E-state index in [1.165, 1.54) is 6.07 Å². The second kappa shape index (κ2) is 5.82. The van der Waals surface area contributed by atoms with Crippen molar-refractivity contribution >= 4 is 23.5 Å². The smallest absolute Gasteiger partial charge is 0.326 e. The largest absolute Gasteiger partial charge is 0.480 e. The third-order valence-corrected chi connectivity index (χ3v) is 2.69. The first kappa shape index (κ1) is 14.4. The van der Waals surface area contributed by atoms with E-state index in [9.17, 15) is 14.0 Å². The number of hydrogen-bond donors (Lipinski definition) is 2. The summed E-state index contributed by atoms with van der Waals surface area (Å²) in [6.45, 7) is 3.35. The van der Waals surface area contributed by atoms with Crippen LogP contribution in [0.15, 0.2) is 18.2 Å². The van der Waals surface area contributed by atoms with Gasteiger partial charge in [-0.2, -0.15) is 0 Å². The van der Waals surface area contributed by atoms with Crippen LogP contribution in [0.2, 0.25) is 5.02 Å². The fourth-order valence-electron chi connectivity index (χ4n) is 1.38. The summed E-state index contributed by atoms with van der Waals surface area (Å²) < 4.78 is 12.9. The quantitative estimate of drug-likeness (QED) is 0.885. The molecule has 0 unspecified atom stereocenters. The lowest BCUT2D eigenvalue weighted by Crippen LogP contribution is -2.44. The van der Waals surface area contributed by atoms with Crippen LogP contribution in [0.1, 0.15) is 24.2 Å². The van der Waals surface area contributed by atoms with Crippen molar-refractivity contribution in [1.29, 1.82) is 0 Å². The Morgan fingerprint density at radius 3 is 2.44 bits per heavy atom. The van der Waals surface area contributed by atoms with Crippen molar-refractivity contribution in [3.63, 3.8) is 0 Å². The standard InChI is InChI=1S/C12H13ClFNO3/c1-6(2)10(12(17)18)15-11(16)7-3-4-9(14)8(13)5-7/h3-6,10H,1-2H3,(H,15,16)(H,17,18)/t10-/m0/s1. The molecule has 0 spiro atoms. The molecule has 0 saturated heterocycles. The lowest BCUT2D eigenvalue weighted by molar-refractivity contribution is -0.140. The third kappa shape index (κ3) is 3.43. The molecule has 1 aromatic rings. The van der Waals surface area contributed by atoms with Gasteiger partial charge in [0.2, 0.25) is 0 Å². The third-order valence-electron chi connectivity index (χ3n) is 2.40. The number of hydrogen-bond acceptors (Lipinski definition) is 2. The van der Waals surface area contributed by atoms with Gasteiger partial charge in [-0.1, -0.05) is 25.4 Å². The fraction of sp³-hybridized carbons (Fsp3) is 0.333. The summed E-state index contributed by atoms with van der Waals surface area (Å²) in [4.78, 5) is 22.7. The average molecular weight is 274 g/mol. The van der Waals surface area contributed by atoms with Gasteiger partial charge in [-0.3, -0.25) is 4.79 Å². The number of amides is 1. The summed E-state index contributed by atoms with van der Waals surface area (Å²) in [6.07, 6.45) is 0. The van der Waals surface area contributed by atoms with Gasteiger partial charge in [0.15, 0.2) is 0 Å². The van der Waals surface area contributed by atoms with E-state index in [4.69, 9.17) is 16.7 Å². The van der Waals surface area contributed by atoms with E-state index in [-0.39, 0.29) is 16.5 Å². The molecule has 0 saturated carbocycles. The highest BCUT2D eigenvalue weighted by Crippen LogP contribution is 2.16. The van der Waals surface area contributed by atoms with Crippen molar-refractivity contribution in [2.24, 2.45) is 5.92 Å². The minimum absolute atomic E-state index is 0.119. The molecule has 6 heteroatoms. The van der Waals surface area contributed by atoms with E-state index < -0.39 is 23.7 Å². The van der Waals surface area contributed by atoms with Crippen LogP contribution in [0.25, 0.3) is 0 Å². The van der Waals surface area contributed by atoms with Crippen LogP contribution in [-0.4, -0.2) is 23.0 Å². The van der Waals surface area contributed by atoms with Gasteiger partial charge in [-0.15, -0.1) is 0 Å². The second-order valence-electron chi connectivity index (χ2n) is 4.16. The number of carbonyl (C=O) groups excluding carboxylic acids is 1. The number of nitrogens with one attached hydrogen (secondary N) is 1. The molecule has 0 fully saturated rings. The van der Waals surface area contributed by atoms with Crippen molar-refractivity contribution in [3.8, 4) is 0 Å². The number of carboxylic acid groups (broad SMARTS) is 1. The van der Waals surface area contributed by atoms with Gasteiger partial charge in [0.25, 0.3) is 5.91 Å². The monoisotopic (exact) mass is 273 g/mol. The molecule has 0 aromatic heterocycles. The molecule has 0 aliphatic heterocycles. The maximum Gasteiger partial charge on any atom is 0.326 e. The van der Waals surface area contributed by atoms with E-state index in [1.807, 2.05) is 0 Å². The van der Waals surface area contributed by atoms with E-state index in [1.54, 1.807) is 13.8 Å². The number of carbonyl (C=O) groups is 2. The van der Waals surface area contributed by atoms with Crippen molar-refractivity contribution < 1.29 is 19.1 Å². The normalized spacial score (nSPS) is 12.3. The van der Waals surface area contributed by atoms with Crippen LogP contribution in [-0.2, 0) is 4.79 Å². The molecule has 2 N–H and O–H groups in total. The molecule has 4 nitrogen and oxygen atoms in total. The molecule has 18 heavy (non-hydrogen) atoms. The second-order valence-corrected chi connectivity index (χ2v) is 4.57. The van der Waals surface area contributed by atoms with Crippen LogP contribution >= 0.6 is 11.6 Å². The number of carboxylic acids is 1. The van der Waals surface area contributed by atoms with Gasteiger partial charge < -0.3 is 10.4 Å². The topological polar surface area (TPSA) is 66.4 Å². The van der Waals surface area contributed by atoms with Gasteiger partial charge in [-0.25, -0.2) is 9.18 Å². The Morgan fingerprint density at radius 1 is 1.39 bits per heavy atom. The summed E-state index contributed by atoms with van der Waals surface area (Å²) in [7, 11) is 0. The highest BCUT2D eigenvalue weighted by Gasteiger charge is 2.24. The number of rotatable bonds is 4. The molecule has 1 rings (SSSR count). The predicted octanol–water partition coefficient (Wildman–Crippen LogP) is 2.32. The van der Waals surface area contributed by atoms with E-state index in [0.29, 0.717) is 0 Å². The predicted molar refractivity (Wildman–Crippen MR) is 65.1 cm³/mol. The first-order valence-corrected chi connectivity index (χ1v) is 5.69. The number of aliphatic carboxylic acids is 1. The Hall–Kier alpha value is -1.62. The molecule has 0 bridgehead atoms. The van der Waals surface area contributed by atoms with Crippen LogP contribution in [0.5, 0.6) is 0 Å². The first-order chi connectivity index (χ1) is 8.32. The molecule has 0 radical (unpaired) electrons. The minimum atomic E-state index is -1.12. The Balaban J connectivity index is 2.87. The van der Waals surface area contributed by atoms with Crippen molar-refractivity contribution in [1.82, 2.24) is 5.32 Å². The van der Waals surface area contributed by atoms with Crippen molar-refractivity contribution in [3.05, 3.63) is 34.6 Å². The van der Waals surface area contributed by atoms with Gasteiger partial charge in [0.05, 0.1) is 5.02 Å². The van der Waals surface area contributed by atoms with E-state index in [2.05, 4.69) is 5.32 Å². The van der Waals surface area contributed by atoms with E-state index >= 15 is 0 Å². The molecule has 98 valence electrons. The number of halogens is 2.